The van der Waals surface area contributed by atoms with Crippen LogP contribution in [-0.4, -0.2) is 18.5 Å². The SMILES string of the molecule is CC(C)Nc1ccccc1C(=O)NCCC#N. The Morgan fingerprint density at radius 3 is 2.76 bits per heavy atom. The molecule has 0 bridgehead atoms. The summed E-state index contributed by atoms with van der Waals surface area (Å²) >= 11 is 0. The van der Waals surface area contributed by atoms with E-state index in [0.717, 1.165) is 5.69 Å². The Hall–Kier alpha value is -2.02. The normalized spacial score (nSPS) is 9.76. The van der Waals surface area contributed by atoms with Gasteiger partial charge < -0.3 is 10.6 Å². The summed E-state index contributed by atoms with van der Waals surface area (Å²) in [6.07, 6.45) is 0.325. The molecule has 0 aromatic heterocycles. The number of amides is 1. The van der Waals surface area contributed by atoms with Gasteiger partial charge in [-0.15, -0.1) is 0 Å². The smallest absolute Gasteiger partial charge is 0.253 e. The lowest BCUT2D eigenvalue weighted by Gasteiger charge is -2.14. The van der Waals surface area contributed by atoms with Gasteiger partial charge in [-0.3, -0.25) is 4.79 Å². The summed E-state index contributed by atoms with van der Waals surface area (Å²) < 4.78 is 0. The maximum atomic E-state index is 11.9. The van der Waals surface area contributed by atoms with Gasteiger partial charge in [-0.05, 0) is 26.0 Å². The maximum Gasteiger partial charge on any atom is 0.253 e. The highest BCUT2D eigenvalue weighted by atomic mass is 16.1. The van der Waals surface area contributed by atoms with Gasteiger partial charge in [0.1, 0.15) is 0 Å². The van der Waals surface area contributed by atoms with E-state index in [2.05, 4.69) is 10.6 Å². The first-order valence-corrected chi connectivity index (χ1v) is 5.66. The second-order valence-electron chi connectivity index (χ2n) is 4.01. The van der Waals surface area contributed by atoms with Crippen LogP contribution < -0.4 is 10.6 Å². The molecule has 0 unspecified atom stereocenters. The summed E-state index contributed by atoms with van der Waals surface area (Å²) in [7, 11) is 0. The van der Waals surface area contributed by atoms with Gasteiger partial charge in [-0.2, -0.15) is 5.26 Å². The monoisotopic (exact) mass is 231 g/mol. The van der Waals surface area contributed by atoms with Crippen LogP contribution in [0.25, 0.3) is 0 Å². The van der Waals surface area contributed by atoms with Gasteiger partial charge in [0.05, 0.1) is 18.1 Å². The van der Waals surface area contributed by atoms with Crippen molar-refractivity contribution in [2.75, 3.05) is 11.9 Å². The number of nitrogens with one attached hydrogen (secondary N) is 2. The molecule has 17 heavy (non-hydrogen) atoms. The number of anilines is 1. The van der Waals surface area contributed by atoms with Gasteiger partial charge in [0.25, 0.3) is 5.91 Å². The van der Waals surface area contributed by atoms with Crippen molar-refractivity contribution in [1.29, 1.82) is 5.26 Å². The van der Waals surface area contributed by atoms with E-state index >= 15 is 0 Å². The van der Waals surface area contributed by atoms with Crippen LogP contribution in [0.5, 0.6) is 0 Å². The Bertz CT molecular complexity index is 421. The van der Waals surface area contributed by atoms with Crippen LogP contribution in [0, 0.1) is 11.3 Å². The van der Waals surface area contributed by atoms with E-state index in [-0.39, 0.29) is 11.9 Å². The molecular weight excluding hydrogens is 214 g/mol. The van der Waals surface area contributed by atoms with E-state index in [9.17, 15) is 4.79 Å². The maximum absolute atomic E-state index is 11.9. The van der Waals surface area contributed by atoms with E-state index in [4.69, 9.17) is 5.26 Å². The van der Waals surface area contributed by atoms with Crippen LogP contribution >= 0.6 is 0 Å². The standard InChI is InChI=1S/C13H17N3O/c1-10(2)16-12-7-4-3-6-11(12)13(17)15-9-5-8-14/h3-4,6-7,10,16H,5,9H2,1-2H3,(H,15,17). The average Bonchev–Trinajstić information content (AvgIpc) is 2.29. The number of rotatable bonds is 5. The molecule has 0 atom stereocenters. The van der Waals surface area contributed by atoms with Gasteiger partial charge in [0.2, 0.25) is 0 Å². The van der Waals surface area contributed by atoms with Crippen LogP contribution in [0.15, 0.2) is 24.3 Å². The zero-order valence-corrected chi connectivity index (χ0v) is 10.2. The Kier molecular flexibility index (Phi) is 5.02. The van der Waals surface area contributed by atoms with Crippen LogP contribution in [-0.2, 0) is 0 Å². The Balaban J connectivity index is 2.75. The van der Waals surface area contributed by atoms with Gasteiger partial charge in [0.15, 0.2) is 0 Å². The molecule has 0 saturated carbocycles. The van der Waals surface area contributed by atoms with E-state index in [0.29, 0.717) is 18.5 Å². The number of hydrogen-bond acceptors (Lipinski definition) is 3. The molecule has 90 valence electrons. The predicted molar refractivity (Wildman–Crippen MR) is 67.8 cm³/mol. The first kappa shape index (κ1) is 13.0. The molecule has 0 aliphatic carbocycles. The summed E-state index contributed by atoms with van der Waals surface area (Å²) in [5.41, 5.74) is 1.43. The highest BCUT2D eigenvalue weighted by Gasteiger charge is 2.10. The van der Waals surface area contributed by atoms with Crippen LogP contribution in [0.2, 0.25) is 0 Å². The molecule has 0 radical (unpaired) electrons. The molecular formula is C13H17N3O. The summed E-state index contributed by atoms with van der Waals surface area (Å²) in [6.45, 7) is 4.42. The number of carbonyl (C=O) groups excluding carboxylic acids is 1. The van der Waals surface area contributed by atoms with E-state index in [1.165, 1.54) is 0 Å². The predicted octanol–water partition coefficient (Wildman–Crippen LogP) is 2.15. The molecule has 4 heteroatoms. The van der Waals surface area contributed by atoms with Crippen molar-refractivity contribution in [2.45, 2.75) is 26.3 Å². The van der Waals surface area contributed by atoms with Crippen molar-refractivity contribution in [3.63, 3.8) is 0 Å². The molecule has 0 heterocycles. The number of benzene rings is 1. The fourth-order valence-electron chi connectivity index (χ4n) is 1.45. The Morgan fingerprint density at radius 2 is 2.12 bits per heavy atom. The first-order valence-electron chi connectivity index (χ1n) is 5.66. The van der Waals surface area contributed by atoms with Crippen molar-refractivity contribution >= 4 is 11.6 Å². The van der Waals surface area contributed by atoms with Gasteiger partial charge in [-0.25, -0.2) is 0 Å². The van der Waals surface area contributed by atoms with Crippen LogP contribution in [0.3, 0.4) is 0 Å². The Labute approximate surface area is 102 Å². The molecule has 1 aromatic rings. The molecule has 1 amide bonds. The third-order valence-corrected chi connectivity index (χ3v) is 2.14. The summed E-state index contributed by atoms with van der Waals surface area (Å²) in [4.78, 5) is 11.9. The summed E-state index contributed by atoms with van der Waals surface area (Å²) in [5, 5.41) is 14.3. The molecule has 4 nitrogen and oxygen atoms in total. The lowest BCUT2D eigenvalue weighted by atomic mass is 10.1. The number of nitrogens with zero attached hydrogens (tertiary/aromatic N) is 1. The number of hydrogen-bond donors (Lipinski definition) is 2. The van der Waals surface area contributed by atoms with E-state index in [1.54, 1.807) is 6.07 Å². The zero-order chi connectivity index (χ0) is 12.7. The second kappa shape index (κ2) is 6.54. The number of para-hydroxylation sites is 1. The average molecular weight is 231 g/mol. The third kappa shape index (κ3) is 4.15. The summed E-state index contributed by atoms with van der Waals surface area (Å²) in [5.74, 6) is -0.149. The first-order chi connectivity index (χ1) is 8.15. The van der Waals surface area contributed by atoms with Crippen LogP contribution in [0.4, 0.5) is 5.69 Å². The topological polar surface area (TPSA) is 64.9 Å². The van der Waals surface area contributed by atoms with E-state index in [1.807, 2.05) is 38.1 Å². The largest absolute Gasteiger partial charge is 0.382 e. The third-order valence-electron chi connectivity index (χ3n) is 2.14. The lowest BCUT2D eigenvalue weighted by Crippen LogP contribution is -2.25. The van der Waals surface area contributed by atoms with Crippen molar-refractivity contribution in [3.8, 4) is 6.07 Å². The summed E-state index contributed by atoms with van der Waals surface area (Å²) in [6, 6.07) is 9.61. The van der Waals surface area contributed by atoms with E-state index < -0.39 is 0 Å². The minimum atomic E-state index is -0.149. The quantitative estimate of drug-likeness (QED) is 0.763. The molecule has 0 saturated heterocycles. The highest BCUT2D eigenvalue weighted by Crippen LogP contribution is 2.15. The minimum Gasteiger partial charge on any atom is -0.382 e. The zero-order valence-electron chi connectivity index (χ0n) is 10.2. The number of nitriles is 1. The van der Waals surface area contributed by atoms with Crippen LogP contribution in [0.1, 0.15) is 30.6 Å². The fourth-order valence-corrected chi connectivity index (χ4v) is 1.45. The lowest BCUT2D eigenvalue weighted by molar-refractivity contribution is 0.0955. The molecule has 0 aliphatic rings. The molecule has 0 fully saturated rings. The second-order valence-corrected chi connectivity index (χ2v) is 4.01. The van der Waals surface area contributed by atoms with Crippen molar-refractivity contribution in [2.24, 2.45) is 0 Å². The molecule has 1 rings (SSSR count). The van der Waals surface area contributed by atoms with Crippen molar-refractivity contribution in [3.05, 3.63) is 29.8 Å². The molecule has 0 spiro atoms. The molecule has 1 aromatic carbocycles. The van der Waals surface area contributed by atoms with Gasteiger partial charge in [-0.1, -0.05) is 12.1 Å². The fraction of sp³-hybridized carbons (Fsp3) is 0.385. The Morgan fingerprint density at radius 1 is 1.41 bits per heavy atom. The number of carbonyl (C=O) groups is 1. The van der Waals surface area contributed by atoms with Gasteiger partial charge in [0, 0.05) is 18.3 Å². The van der Waals surface area contributed by atoms with Crippen molar-refractivity contribution in [1.82, 2.24) is 5.32 Å². The molecule has 0 aliphatic heterocycles. The minimum absolute atomic E-state index is 0.149. The van der Waals surface area contributed by atoms with Gasteiger partial charge >= 0.3 is 0 Å². The molecule has 2 N–H and O–H groups in total. The van der Waals surface area contributed by atoms with Crippen molar-refractivity contribution < 1.29 is 4.79 Å². The highest BCUT2D eigenvalue weighted by molar-refractivity contribution is 5.99.